The molecule has 28 heavy (non-hydrogen) atoms. The zero-order chi connectivity index (χ0) is 19.9. The lowest BCUT2D eigenvalue weighted by Gasteiger charge is -2.24. The van der Waals surface area contributed by atoms with E-state index < -0.39 is 29.9 Å². The molecule has 1 aliphatic heterocycles. The zero-order valence-electron chi connectivity index (χ0n) is 15.4. The molecule has 8 nitrogen and oxygen atoms in total. The second kappa shape index (κ2) is 6.49. The summed E-state index contributed by atoms with van der Waals surface area (Å²) < 4.78 is 4.93. The molecule has 2 N–H and O–H groups in total. The maximum absolute atomic E-state index is 13.1. The van der Waals surface area contributed by atoms with Crippen LogP contribution in [-0.4, -0.2) is 34.4 Å². The fraction of sp³-hybridized carbons (Fsp3) is 0.200. The van der Waals surface area contributed by atoms with Crippen LogP contribution in [0.25, 0.3) is 10.8 Å². The third kappa shape index (κ3) is 2.88. The molecular formula is C20H18N4O4. The van der Waals surface area contributed by atoms with Gasteiger partial charge in [0.15, 0.2) is 0 Å². The summed E-state index contributed by atoms with van der Waals surface area (Å²) in [7, 11) is 0. The first-order valence-corrected chi connectivity index (χ1v) is 8.74. The van der Waals surface area contributed by atoms with Crippen molar-refractivity contribution in [2.45, 2.75) is 19.4 Å². The van der Waals surface area contributed by atoms with Crippen molar-refractivity contribution in [1.82, 2.24) is 15.4 Å². The number of carbonyl (C=O) groups excluding carboxylic acids is 3. The molecule has 8 heteroatoms. The van der Waals surface area contributed by atoms with Crippen LogP contribution in [0.5, 0.6) is 0 Å². The first-order chi connectivity index (χ1) is 13.4. The number of hydrogen-bond acceptors (Lipinski definition) is 5. The minimum absolute atomic E-state index is 0.159. The molecule has 1 aliphatic rings. The molecule has 1 saturated heterocycles. The molecule has 3 aromatic rings. The summed E-state index contributed by atoms with van der Waals surface area (Å²) in [4.78, 5) is 38.7. The van der Waals surface area contributed by atoms with Gasteiger partial charge in [0.05, 0.1) is 5.69 Å². The van der Waals surface area contributed by atoms with Crippen LogP contribution in [0.2, 0.25) is 0 Å². The van der Waals surface area contributed by atoms with E-state index in [1.165, 1.54) is 0 Å². The number of hydrogen-bond donors (Lipinski definition) is 2. The Morgan fingerprint density at radius 2 is 1.96 bits per heavy atom. The predicted molar refractivity (Wildman–Crippen MR) is 101 cm³/mol. The topological polar surface area (TPSA) is 105 Å². The van der Waals surface area contributed by atoms with Crippen molar-refractivity contribution in [1.29, 1.82) is 0 Å². The Labute approximate surface area is 160 Å². The SMILES string of the molecule is Cc1cc(NC(=O)CN2C(=O)NC(C)(c3cccc4ccccc34)C2=O)on1. The Morgan fingerprint density at radius 3 is 2.71 bits per heavy atom. The Bertz CT molecular complexity index is 1100. The molecule has 0 saturated carbocycles. The molecule has 4 amide bonds. The number of anilines is 1. The molecule has 0 aliphatic carbocycles. The normalized spacial score (nSPS) is 19.1. The van der Waals surface area contributed by atoms with Crippen LogP contribution in [0.4, 0.5) is 10.7 Å². The molecule has 2 aromatic carbocycles. The fourth-order valence-electron chi connectivity index (χ4n) is 3.43. The summed E-state index contributed by atoms with van der Waals surface area (Å²) in [5, 5.41) is 10.7. The zero-order valence-corrected chi connectivity index (χ0v) is 15.4. The summed E-state index contributed by atoms with van der Waals surface area (Å²) in [5.41, 5.74) is 0.0210. The van der Waals surface area contributed by atoms with Crippen molar-refractivity contribution in [2.24, 2.45) is 0 Å². The number of nitrogens with one attached hydrogen (secondary N) is 2. The molecule has 0 spiro atoms. The van der Waals surface area contributed by atoms with Crippen molar-refractivity contribution in [2.75, 3.05) is 11.9 Å². The van der Waals surface area contributed by atoms with Crippen molar-refractivity contribution < 1.29 is 18.9 Å². The first kappa shape index (κ1) is 17.7. The lowest BCUT2D eigenvalue weighted by Crippen LogP contribution is -2.42. The highest BCUT2D eigenvalue weighted by Crippen LogP contribution is 2.33. The maximum atomic E-state index is 13.1. The number of amides is 4. The van der Waals surface area contributed by atoms with Gasteiger partial charge < -0.3 is 9.84 Å². The highest BCUT2D eigenvalue weighted by Gasteiger charge is 2.50. The largest absolute Gasteiger partial charge is 0.338 e. The highest BCUT2D eigenvalue weighted by molar-refractivity contribution is 6.11. The van der Waals surface area contributed by atoms with E-state index in [0.717, 1.165) is 15.7 Å². The van der Waals surface area contributed by atoms with Crippen LogP contribution in [0.1, 0.15) is 18.2 Å². The number of fused-ring (bicyclic) bond motifs is 1. The Balaban J connectivity index is 1.60. The van der Waals surface area contributed by atoms with E-state index in [9.17, 15) is 14.4 Å². The number of aromatic nitrogens is 1. The average Bonchev–Trinajstić information content (AvgIpc) is 3.17. The van der Waals surface area contributed by atoms with Crippen LogP contribution >= 0.6 is 0 Å². The summed E-state index contributed by atoms with van der Waals surface area (Å²) in [6.07, 6.45) is 0. The molecule has 1 unspecified atom stereocenters. The van der Waals surface area contributed by atoms with E-state index in [0.29, 0.717) is 11.3 Å². The molecule has 1 atom stereocenters. The van der Waals surface area contributed by atoms with Crippen LogP contribution in [0.3, 0.4) is 0 Å². The van der Waals surface area contributed by atoms with E-state index in [-0.39, 0.29) is 5.88 Å². The lowest BCUT2D eigenvalue weighted by atomic mass is 9.88. The van der Waals surface area contributed by atoms with E-state index in [1.54, 1.807) is 26.0 Å². The molecule has 2 heterocycles. The van der Waals surface area contributed by atoms with Gasteiger partial charge in [0.1, 0.15) is 12.1 Å². The van der Waals surface area contributed by atoms with E-state index in [4.69, 9.17) is 4.52 Å². The Morgan fingerprint density at radius 1 is 1.21 bits per heavy atom. The summed E-state index contributed by atoms with van der Waals surface area (Å²) in [6, 6.07) is 14.1. The smallest absolute Gasteiger partial charge is 0.325 e. The standard InChI is InChI=1S/C20H18N4O4/c1-12-10-17(28-23-12)21-16(25)11-24-18(26)20(2,22-19(24)27)15-9-5-7-13-6-3-4-8-14(13)15/h3-10H,11H2,1-2H3,(H,21,25)(H,22,27). The van der Waals surface area contributed by atoms with Crippen molar-refractivity contribution in [3.63, 3.8) is 0 Å². The molecular weight excluding hydrogens is 360 g/mol. The van der Waals surface area contributed by atoms with Crippen LogP contribution < -0.4 is 10.6 Å². The van der Waals surface area contributed by atoms with Gasteiger partial charge in [0.25, 0.3) is 5.91 Å². The van der Waals surface area contributed by atoms with Gasteiger partial charge in [-0.1, -0.05) is 47.6 Å². The van der Waals surface area contributed by atoms with E-state index in [2.05, 4.69) is 15.8 Å². The lowest BCUT2D eigenvalue weighted by molar-refractivity contribution is -0.133. The third-order valence-corrected chi connectivity index (χ3v) is 4.80. The second-order valence-corrected chi connectivity index (χ2v) is 6.85. The third-order valence-electron chi connectivity index (χ3n) is 4.80. The van der Waals surface area contributed by atoms with Crippen LogP contribution in [0, 0.1) is 6.92 Å². The average molecular weight is 378 g/mol. The monoisotopic (exact) mass is 378 g/mol. The van der Waals surface area contributed by atoms with Crippen molar-refractivity contribution in [3.8, 4) is 0 Å². The van der Waals surface area contributed by atoms with Gasteiger partial charge in [-0.25, -0.2) is 4.79 Å². The number of rotatable bonds is 4. The fourth-order valence-corrected chi connectivity index (χ4v) is 3.43. The van der Waals surface area contributed by atoms with Crippen LogP contribution in [0.15, 0.2) is 53.1 Å². The van der Waals surface area contributed by atoms with Gasteiger partial charge in [-0.2, -0.15) is 0 Å². The highest BCUT2D eigenvalue weighted by atomic mass is 16.5. The van der Waals surface area contributed by atoms with Gasteiger partial charge >= 0.3 is 6.03 Å². The van der Waals surface area contributed by atoms with E-state index >= 15 is 0 Å². The number of urea groups is 1. The molecule has 0 radical (unpaired) electrons. The van der Waals surface area contributed by atoms with E-state index in [1.807, 2.05) is 36.4 Å². The van der Waals surface area contributed by atoms with Gasteiger partial charge in [0, 0.05) is 6.07 Å². The van der Waals surface area contributed by atoms with Gasteiger partial charge in [-0.3, -0.25) is 19.8 Å². The maximum Gasteiger partial charge on any atom is 0.325 e. The minimum atomic E-state index is -1.26. The molecule has 0 bridgehead atoms. The Kier molecular flexibility index (Phi) is 4.11. The number of benzene rings is 2. The van der Waals surface area contributed by atoms with Gasteiger partial charge in [-0.05, 0) is 30.2 Å². The molecule has 1 fully saturated rings. The molecule has 4 rings (SSSR count). The molecule has 142 valence electrons. The number of imide groups is 1. The summed E-state index contributed by atoms with van der Waals surface area (Å²) in [5.74, 6) is -0.883. The van der Waals surface area contributed by atoms with Gasteiger partial charge in [-0.15, -0.1) is 0 Å². The number of carbonyl (C=O) groups is 3. The number of nitrogens with zero attached hydrogens (tertiary/aromatic N) is 2. The van der Waals surface area contributed by atoms with Crippen molar-refractivity contribution in [3.05, 3.63) is 59.8 Å². The number of aryl methyl sites for hydroxylation is 1. The predicted octanol–water partition coefficient (Wildman–Crippen LogP) is 2.54. The Hall–Kier alpha value is -3.68. The van der Waals surface area contributed by atoms with Crippen molar-refractivity contribution >= 4 is 34.5 Å². The summed E-state index contributed by atoms with van der Waals surface area (Å²) >= 11 is 0. The second-order valence-electron chi connectivity index (χ2n) is 6.85. The first-order valence-electron chi connectivity index (χ1n) is 8.74. The molecule has 1 aromatic heterocycles. The van der Waals surface area contributed by atoms with Crippen LogP contribution in [-0.2, 0) is 15.1 Å². The summed E-state index contributed by atoms with van der Waals surface area (Å²) in [6.45, 7) is 2.93. The quantitative estimate of drug-likeness (QED) is 0.679. The van der Waals surface area contributed by atoms with Gasteiger partial charge in [0.2, 0.25) is 11.8 Å². The minimum Gasteiger partial charge on any atom is -0.338 e.